The van der Waals surface area contributed by atoms with Crippen LogP contribution in [0.4, 0.5) is 33.3 Å². The second kappa shape index (κ2) is 27.4. The first-order chi connectivity index (χ1) is 35.8. The number of amides is 3. The number of nitrogens with one attached hydrogen (secondary N) is 3. The van der Waals surface area contributed by atoms with Crippen LogP contribution in [0, 0.1) is 11.6 Å². The van der Waals surface area contributed by atoms with Crippen LogP contribution in [0.3, 0.4) is 0 Å². The minimum atomic E-state index is -5.13. The van der Waals surface area contributed by atoms with Crippen molar-refractivity contribution in [3.63, 3.8) is 0 Å². The minimum Gasteiger partial charge on any atom is -0.383 e. The highest BCUT2D eigenvalue weighted by atomic mass is 32.2. The quantitative estimate of drug-likeness (QED) is 0.0520. The summed E-state index contributed by atoms with van der Waals surface area (Å²) in [6.07, 6.45) is -4.27. The fraction of sp³-hybridized carbons (Fsp3) is 0.150. The molecule has 2 atom stereocenters. The van der Waals surface area contributed by atoms with Crippen LogP contribution < -0.4 is 20.9 Å². The summed E-state index contributed by atoms with van der Waals surface area (Å²) in [7, 11) is 0. The molecule has 378 valence electrons. The number of hydrogen-bond donors (Lipinski definition) is 3. The molecule has 0 unspecified atom stereocenters. The smallest absolute Gasteiger partial charge is 0.383 e. The van der Waals surface area contributed by atoms with E-state index in [-0.39, 0.29) is 35.4 Å². The van der Waals surface area contributed by atoms with E-state index < -0.39 is 36.4 Å². The van der Waals surface area contributed by atoms with E-state index in [1.165, 1.54) is 70.8 Å². The van der Waals surface area contributed by atoms with Crippen molar-refractivity contribution in [2.24, 2.45) is 0 Å². The number of carbonyl (C=O) groups excluding carboxylic acids is 3. The van der Waals surface area contributed by atoms with Gasteiger partial charge in [0.15, 0.2) is 0 Å². The standard InChI is InChI=1S/C31H26F4N2O2S.C29H27FN2OS/c32-25-13-11-24(12-14-25)29(38)36-26(19-22-7-3-1-4-8-22)20-37(30(39)31(33,34)35)27-15-17-28(18-16-27)40-21-23-9-5-2-6-10-23;30-25-13-11-24(12-14-25)29(33)32-27(19-22-7-3-1-4-8-22)20-31-26-15-17-28(18-16-26)34-21-23-9-5-2-6-10-23/h1-18,26H,19-21H2,(H,36,38);1-18,27,31H,19-21H2,(H,32,33)/t26-;27-/m00/s1. The van der Waals surface area contributed by atoms with E-state index in [4.69, 9.17) is 0 Å². The number of rotatable bonds is 20. The van der Waals surface area contributed by atoms with Gasteiger partial charge in [-0.05, 0) is 132 Å². The molecule has 8 rings (SSSR count). The summed E-state index contributed by atoms with van der Waals surface area (Å²) < 4.78 is 67.7. The first kappa shape index (κ1) is 54.1. The molecule has 8 aromatic carbocycles. The van der Waals surface area contributed by atoms with Gasteiger partial charge in [-0.25, -0.2) is 8.78 Å². The molecule has 0 saturated heterocycles. The predicted octanol–water partition coefficient (Wildman–Crippen LogP) is 13.6. The fourth-order valence-corrected chi connectivity index (χ4v) is 9.37. The summed E-state index contributed by atoms with van der Waals surface area (Å²) >= 11 is 3.33. The Balaban J connectivity index is 0.000000219. The minimum absolute atomic E-state index is 0.0560. The Morgan fingerprint density at radius 2 is 0.838 bits per heavy atom. The van der Waals surface area contributed by atoms with Crippen molar-refractivity contribution in [3.05, 3.63) is 263 Å². The third-order valence-electron chi connectivity index (χ3n) is 11.5. The molecular weight excluding hydrogens is 984 g/mol. The van der Waals surface area contributed by atoms with Crippen LogP contribution in [0.2, 0.25) is 0 Å². The summed E-state index contributed by atoms with van der Waals surface area (Å²) in [5, 5.41) is 9.27. The molecule has 8 aromatic rings. The van der Waals surface area contributed by atoms with Gasteiger partial charge in [-0.1, -0.05) is 121 Å². The van der Waals surface area contributed by atoms with Gasteiger partial charge in [0.2, 0.25) is 0 Å². The molecule has 3 N–H and O–H groups in total. The van der Waals surface area contributed by atoms with Crippen LogP contribution in [-0.4, -0.2) is 49.1 Å². The lowest BCUT2D eigenvalue weighted by molar-refractivity contribution is -0.170. The number of carbonyl (C=O) groups is 3. The third-order valence-corrected chi connectivity index (χ3v) is 13.6. The average molecular weight is 1040 g/mol. The highest BCUT2D eigenvalue weighted by Gasteiger charge is 2.43. The average Bonchev–Trinajstić information content (AvgIpc) is 3.42. The second-order valence-corrected chi connectivity index (χ2v) is 19.2. The van der Waals surface area contributed by atoms with Crippen LogP contribution in [0.25, 0.3) is 0 Å². The Kier molecular flexibility index (Phi) is 20.0. The van der Waals surface area contributed by atoms with Crippen molar-refractivity contribution < 1.29 is 36.3 Å². The van der Waals surface area contributed by atoms with E-state index in [1.54, 1.807) is 54.2 Å². The zero-order chi connectivity index (χ0) is 52.1. The second-order valence-electron chi connectivity index (χ2n) is 17.1. The predicted molar refractivity (Wildman–Crippen MR) is 287 cm³/mol. The Bertz CT molecular complexity index is 2980. The molecule has 0 aliphatic heterocycles. The molecular formula is C60H53F5N4O3S2. The lowest BCUT2D eigenvalue weighted by Gasteiger charge is -2.29. The maximum atomic E-state index is 13.7. The Morgan fingerprint density at radius 3 is 1.26 bits per heavy atom. The van der Waals surface area contributed by atoms with E-state index in [1.807, 2.05) is 54.6 Å². The Labute approximate surface area is 436 Å². The van der Waals surface area contributed by atoms with Gasteiger partial charge in [0.05, 0.1) is 12.1 Å². The summed E-state index contributed by atoms with van der Waals surface area (Å²) in [5.41, 5.74) is 5.95. The Morgan fingerprint density at radius 1 is 0.459 bits per heavy atom. The van der Waals surface area contributed by atoms with Gasteiger partial charge in [-0.15, -0.1) is 23.5 Å². The van der Waals surface area contributed by atoms with Crippen molar-refractivity contribution in [2.75, 3.05) is 23.3 Å². The highest BCUT2D eigenvalue weighted by Crippen LogP contribution is 2.29. The van der Waals surface area contributed by atoms with Gasteiger partial charge >= 0.3 is 12.1 Å². The summed E-state index contributed by atoms with van der Waals surface area (Å²) in [4.78, 5) is 40.9. The van der Waals surface area contributed by atoms with Crippen LogP contribution in [-0.2, 0) is 29.1 Å². The fourth-order valence-electron chi connectivity index (χ4n) is 7.67. The SMILES string of the molecule is O=C(N[C@@H](Cc1ccccc1)CN(C(=O)C(F)(F)F)c1ccc(SCc2ccccc2)cc1)c1ccc(F)cc1.O=C(N[C@H](CNc1ccc(SCc2ccccc2)cc1)Cc1ccccc1)c1ccc(F)cc1. The van der Waals surface area contributed by atoms with Crippen LogP contribution in [0.5, 0.6) is 0 Å². The largest absolute Gasteiger partial charge is 0.471 e. The number of alkyl halides is 3. The van der Waals surface area contributed by atoms with Gasteiger partial charge < -0.3 is 20.9 Å². The maximum Gasteiger partial charge on any atom is 0.471 e. The topological polar surface area (TPSA) is 90.5 Å². The molecule has 0 saturated carbocycles. The number of halogens is 5. The molecule has 0 heterocycles. The van der Waals surface area contributed by atoms with Crippen molar-refractivity contribution in [1.82, 2.24) is 10.6 Å². The number of anilines is 2. The number of hydrogen-bond acceptors (Lipinski definition) is 6. The van der Waals surface area contributed by atoms with Gasteiger partial charge in [-0.3, -0.25) is 14.4 Å². The lowest BCUT2D eigenvalue weighted by atomic mass is 10.0. The van der Waals surface area contributed by atoms with Gasteiger partial charge in [0.1, 0.15) is 11.6 Å². The number of benzene rings is 8. The summed E-state index contributed by atoms with van der Waals surface area (Å²) in [5.74, 6) is -2.11. The Hall–Kier alpha value is -7.68. The van der Waals surface area contributed by atoms with Gasteiger partial charge in [-0.2, -0.15) is 13.2 Å². The summed E-state index contributed by atoms with van der Waals surface area (Å²) in [6, 6.07) is 63.2. The molecule has 0 radical (unpaired) electrons. The maximum absolute atomic E-state index is 13.7. The van der Waals surface area contributed by atoms with Crippen LogP contribution in [0.15, 0.2) is 228 Å². The highest BCUT2D eigenvalue weighted by molar-refractivity contribution is 7.98. The monoisotopic (exact) mass is 1040 g/mol. The van der Waals surface area contributed by atoms with Crippen molar-refractivity contribution in [3.8, 4) is 0 Å². The molecule has 3 amide bonds. The third kappa shape index (κ3) is 17.5. The van der Waals surface area contributed by atoms with Gasteiger partial charge in [0, 0.05) is 56.9 Å². The van der Waals surface area contributed by atoms with E-state index in [9.17, 15) is 36.3 Å². The van der Waals surface area contributed by atoms with E-state index in [0.29, 0.717) is 29.2 Å². The van der Waals surface area contributed by atoms with Crippen LogP contribution in [0.1, 0.15) is 43.0 Å². The molecule has 14 heteroatoms. The number of nitrogens with zero attached hydrogens (tertiary/aromatic N) is 1. The van der Waals surface area contributed by atoms with E-state index in [0.717, 1.165) is 45.2 Å². The molecule has 0 spiro atoms. The molecule has 0 aliphatic rings. The van der Waals surface area contributed by atoms with Crippen molar-refractivity contribution >= 4 is 52.6 Å². The zero-order valence-corrected chi connectivity index (χ0v) is 41.7. The van der Waals surface area contributed by atoms with Crippen LogP contribution >= 0.6 is 23.5 Å². The first-order valence-corrected chi connectivity index (χ1v) is 25.7. The van der Waals surface area contributed by atoms with Gasteiger partial charge in [0.25, 0.3) is 11.8 Å². The van der Waals surface area contributed by atoms with E-state index >= 15 is 0 Å². The molecule has 0 aromatic heterocycles. The normalized spacial score (nSPS) is 11.8. The number of thioether (sulfide) groups is 2. The lowest BCUT2D eigenvalue weighted by Crippen LogP contribution is -2.50. The molecule has 0 fully saturated rings. The first-order valence-electron chi connectivity index (χ1n) is 23.7. The zero-order valence-electron chi connectivity index (χ0n) is 40.1. The molecule has 74 heavy (non-hydrogen) atoms. The van der Waals surface area contributed by atoms with Crippen molar-refractivity contribution in [2.45, 2.75) is 52.4 Å². The van der Waals surface area contributed by atoms with Crippen molar-refractivity contribution in [1.29, 1.82) is 0 Å². The molecule has 7 nitrogen and oxygen atoms in total. The molecule has 0 bridgehead atoms. The molecule has 0 aliphatic carbocycles. The van der Waals surface area contributed by atoms with E-state index in [2.05, 4.69) is 76.6 Å². The summed E-state index contributed by atoms with van der Waals surface area (Å²) in [6.45, 7) is 0.134.